The lowest BCUT2D eigenvalue weighted by molar-refractivity contribution is 0.474. The Kier molecular flexibility index (Phi) is 5.53. The summed E-state index contributed by atoms with van der Waals surface area (Å²) in [6.07, 6.45) is 0.689. The lowest BCUT2D eigenvalue weighted by Gasteiger charge is -2.17. The predicted molar refractivity (Wildman–Crippen MR) is 81.3 cm³/mol. The molecule has 0 fully saturated rings. The lowest BCUT2D eigenvalue weighted by Crippen LogP contribution is -2.38. The minimum Gasteiger partial charge on any atom is -0.271 e. The molecule has 2 aromatic rings. The van der Waals surface area contributed by atoms with Gasteiger partial charge in [0.1, 0.15) is 0 Å². The molecule has 0 aliphatic rings. The number of nitrogens with one attached hydrogen (secondary N) is 1. The maximum atomic E-state index is 13.7. The summed E-state index contributed by atoms with van der Waals surface area (Å²) in [7, 11) is 0. The van der Waals surface area contributed by atoms with Crippen molar-refractivity contribution in [3.8, 4) is 0 Å². The zero-order chi connectivity index (χ0) is 15.4. The Morgan fingerprint density at radius 2 is 1.76 bits per heavy atom. The van der Waals surface area contributed by atoms with Crippen LogP contribution in [-0.4, -0.2) is 6.04 Å². The van der Waals surface area contributed by atoms with Crippen LogP contribution in [0.3, 0.4) is 0 Å². The number of nitrogens with two attached hydrogens (primary N) is 1. The van der Waals surface area contributed by atoms with Crippen LogP contribution in [0.1, 0.15) is 11.1 Å². The fourth-order valence-electron chi connectivity index (χ4n) is 2.13. The molecular formula is C15H14Cl2F2N2. The van der Waals surface area contributed by atoms with Crippen LogP contribution in [0.5, 0.6) is 0 Å². The van der Waals surface area contributed by atoms with Gasteiger partial charge >= 0.3 is 0 Å². The maximum absolute atomic E-state index is 13.7. The van der Waals surface area contributed by atoms with E-state index in [2.05, 4.69) is 5.43 Å². The number of benzene rings is 2. The molecule has 0 spiro atoms. The van der Waals surface area contributed by atoms with E-state index >= 15 is 0 Å². The average molecular weight is 331 g/mol. The molecule has 6 heteroatoms. The van der Waals surface area contributed by atoms with Gasteiger partial charge in [-0.15, -0.1) is 0 Å². The van der Waals surface area contributed by atoms with Crippen molar-refractivity contribution in [2.24, 2.45) is 5.84 Å². The maximum Gasteiger partial charge on any atom is 0.162 e. The third kappa shape index (κ3) is 4.14. The van der Waals surface area contributed by atoms with Crippen molar-refractivity contribution in [2.45, 2.75) is 18.9 Å². The fraction of sp³-hybridized carbons (Fsp3) is 0.200. The summed E-state index contributed by atoms with van der Waals surface area (Å²) in [5.41, 5.74) is 3.66. The molecule has 0 aromatic heterocycles. The molecule has 1 atom stereocenters. The second-order valence-corrected chi connectivity index (χ2v) is 5.56. The van der Waals surface area contributed by atoms with Gasteiger partial charge in [0.05, 0.1) is 0 Å². The zero-order valence-corrected chi connectivity index (χ0v) is 12.6. The highest BCUT2D eigenvalue weighted by Crippen LogP contribution is 2.23. The van der Waals surface area contributed by atoms with Gasteiger partial charge in [-0.3, -0.25) is 11.3 Å². The van der Waals surface area contributed by atoms with E-state index in [4.69, 9.17) is 29.0 Å². The molecule has 0 radical (unpaired) electrons. The lowest BCUT2D eigenvalue weighted by atomic mass is 9.99. The van der Waals surface area contributed by atoms with Crippen molar-refractivity contribution in [1.29, 1.82) is 0 Å². The second-order valence-electron chi connectivity index (χ2n) is 4.72. The molecule has 112 valence electrons. The highest BCUT2D eigenvalue weighted by Gasteiger charge is 2.15. The molecule has 3 N–H and O–H groups in total. The van der Waals surface area contributed by atoms with Gasteiger partial charge in [0.2, 0.25) is 0 Å². The van der Waals surface area contributed by atoms with Crippen LogP contribution in [0, 0.1) is 11.6 Å². The number of hydrazine groups is 1. The molecule has 1 unspecified atom stereocenters. The Bertz CT molecular complexity index is 631. The first-order valence-corrected chi connectivity index (χ1v) is 7.09. The molecule has 2 rings (SSSR count). The minimum absolute atomic E-state index is 0.239. The van der Waals surface area contributed by atoms with Crippen molar-refractivity contribution in [1.82, 2.24) is 5.43 Å². The van der Waals surface area contributed by atoms with Crippen LogP contribution in [-0.2, 0) is 12.8 Å². The molecule has 0 saturated carbocycles. The molecule has 0 saturated heterocycles. The smallest absolute Gasteiger partial charge is 0.162 e. The summed E-state index contributed by atoms with van der Waals surface area (Å²) in [6.45, 7) is 0. The normalized spacial score (nSPS) is 12.4. The third-order valence-corrected chi connectivity index (χ3v) is 3.81. The van der Waals surface area contributed by atoms with Gasteiger partial charge in [-0.25, -0.2) is 8.78 Å². The first-order valence-electron chi connectivity index (χ1n) is 6.34. The molecule has 0 aliphatic heterocycles. The Morgan fingerprint density at radius 1 is 1.05 bits per heavy atom. The van der Waals surface area contributed by atoms with Crippen molar-refractivity contribution in [3.05, 3.63) is 69.2 Å². The van der Waals surface area contributed by atoms with Crippen LogP contribution in [0.2, 0.25) is 10.0 Å². The minimum atomic E-state index is -0.871. The van der Waals surface area contributed by atoms with Gasteiger partial charge in [0, 0.05) is 16.1 Å². The summed E-state index contributed by atoms with van der Waals surface area (Å²) in [5, 5.41) is 1.11. The first-order chi connectivity index (χ1) is 10.0. The molecule has 2 nitrogen and oxygen atoms in total. The number of hydrogen-bond acceptors (Lipinski definition) is 2. The number of hydrogen-bond donors (Lipinski definition) is 2. The van der Waals surface area contributed by atoms with E-state index in [1.807, 2.05) is 0 Å². The Morgan fingerprint density at radius 3 is 2.48 bits per heavy atom. The van der Waals surface area contributed by atoms with E-state index in [1.54, 1.807) is 18.2 Å². The second kappa shape index (κ2) is 7.18. The van der Waals surface area contributed by atoms with Crippen molar-refractivity contribution >= 4 is 23.2 Å². The van der Waals surface area contributed by atoms with Gasteiger partial charge in [0.15, 0.2) is 11.6 Å². The molecule has 21 heavy (non-hydrogen) atoms. The summed E-state index contributed by atoms with van der Waals surface area (Å²) >= 11 is 12.0. The van der Waals surface area contributed by atoms with Crippen LogP contribution >= 0.6 is 23.2 Å². The van der Waals surface area contributed by atoms with Crippen LogP contribution in [0.25, 0.3) is 0 Å². The Hall–Kier alpha value is -1.20. The summed E-state index contributed by atoms with van der Waals surface area (Å²) in [6, 6.07) is 8.89. The molecule has 2 aromatic carbocycles. The van der Waals surface area contributed by atoms with Gasteiger partial charge in [-0.2, -0.15) is 0 Å². The molecule has 0 bridgehead atoms. The summed E-state index contributed by atoms with van der Waals surface area (Å²) in [4.78, 5) is 0. The van der Waals surface area contributed by atoms with Gasteiger partial charge < -0.3 is 0 Å². The van der Waals surface area contributed by atoms with Crippen LogP contribution in [0.15, 0.2) is 36.4 Å². The van der Waals surface area contributed by atoms with E-state index in [0.29, 0.717) is 16.5 Å². The van der Waals surface area contributed by atoms with E-state index < -0.39 is 11.6 Å². The van der Waals surface area contributed by atoms with E-state index in [-0.39, 0.29) is 18.0 Å². The monoisotopic (exact) mass is 330 g/mol. The molecule has 0 heterocycles. The molecule has 0 aliphatic carbocycles. The SMILES string of the molecule is NNC(Cc1cc(Cl)ccc1Cl)Cc1cccc(F)c1F. The van der Waals surface area contributed by atoms with Crippen LogP contribution in [0.4, 0.5) is 8.78 Å². The average Bonchev–Trinajstić information content (AvgIpc) is 2.46. The Labute approximate surface area is 131 Å². The summed E-state index contributed by atoms with van der Waals surface area (Å²) < 4.78 is 26.9. The highest BCUT2D eigenvalue weighted by atomic mass is 35.5. The third-order valence-electron chi connectivity index (χ3n) is 3.21. The van der Waals surface area contributed by atoms with E-state index in [9.17, 15) is 8.78 Å². The van der Waals surface area contributed by atoms with Crippen molar-refractivity contribution < 1.29 is 8.78 Å². The van der Waals surface area contributed by atoms with Gasteiger partial charge in [-0.05, 0) is 48.2 Å². The first kappa shape index (κ1) is 16.2. The van der Waals surface area contributed by atoms with E-state index in [0.717, 1.165) is 11.6 Å². The standard InChI is InChI=1S/C15H14Cl2F2N2/c16-11-4-5-13(17)10(6-11)8-12(21-20)7-9-2-1-3-14(18)15(9)19/h1-6,12,21H,7-8,20H2. The Balaban J connectivity index is 2.17. The molecular weight excluding hydrogens is 317 g/mol. The quantitative estimate of drug-likeness (QED) is 0.644. The number of rotatable bonds is 5. The van der Waals surface area contributed by atoms with E-state index in [1.165, 1.54) is 12.1 Å². The predicted octanol–water partition coefficient (Wildman–Crippen LogP) is 3.89. The number of halogens is 4. The van der Waals surface area contributed by atoms with Gasteiger partial charge in [0.25, 0.3) is 0 Å². The largest absolute Gasteiger partial charge is 0.271 e. The molecule has 0 amide bonds. The fourth-order valence-corrected chi connectivity index (χ4v) is 2.52. The van der Waals surface area contributed by atoms with Gasteiger partial charge in [-0.1, -0.05) is 35.3 Å². The van der Waals surface area contributed by atoms with Crippen molar-refractivity contribution in [2.75, 3.05) is 0 Å². The van der Waals surface area contributed by atoms with Crippen molar-refractivity contribution in [3.63, 3.8) is 0 Å². The zero-order valence-electron chi connectivity index (χ0n) is 11.0. The summed E-state index contributed by atoms with van der Waals surface area (Å²) in [5.74, 6) is 3.78. The van der Waals surface area contributed by atoms with Crippen LogP contribution < -0.4 is 11.3 Å². The highest BCUT2D eigenvalue weighted by molar-refractivity contribution is 6.33. The topological polar surface area (TPSA) is 38.0 Å².